The van der Waals surface area contributed by atoms with Crippen LogP contribution in [0.5, 0.6) is 0 Å². The van der Waals surface area contributed by atoms with Gasteiger partial charge in [0.25, 0.3) is 7.82 Å². The van der Waals surface area contributed by atoms with Crippen molar-refractivity contribution in [1.29, 1.82) is 0 Å². The van der Waals surface area contributed by atoms with Crippen LogP contribution in [0.4, 0.5) is 0 Å². The number of carbonyl (C=O) groups excluding carboxylic acids is 2. The van der Waals surface area contributed by atoms with Gasteiger partial charge in [0.05, 0.1) is 27.7 Å². The van der Waals surface area contributed by atoms with Crippen molar-refractivity contribution in [2.24, 2.45) is 0 Å². The molecule has 60 heavy (non-hydrogen) atoms. The average molecular weight is 872 g/mol. The fraction of sp³-hybridized carbons (Fsp3) is 0.920. The molecule has 0 aliphatic carbocycles. The Morgan fingerprint density at radius 3 is 1.30 bits per heavy atom. The zero-order chi connectivity index (χ0) is 44.3. The van der Waals surface area contributed by atoms with Gasteiger partial charge in [0.15, 0.2) is 6.10 Å². The molecule has 0 saturated heterocycles. The number of quaternary nitrogens is 1. The van der Waals surface area contributed by atoms with Crippen LogP contribution in [0.15, 0.2) is 12.2 Å². The van der Waals surface area contributed by atoms with Crippen molar-refractivity contribution in [1.82, 2.24) is 0 Å². The predicted molar refractivity (Wildman–Crippen MR) is 250 cm³/mol. The van der Waals surface area contributed by atoms with Crippen LogP contribution >= 0.6 is 7.82 Å². The number of hydrogen-bond acceptors (Lipinski definition) is 8. The third-order valence-corrected chi connectivity index (χ3v) is 12.3. The molecule has 0 aliphatic heterocycles. The summed E-state index contributed by atoms with van der Waals surface area (Å²) in [6.45, 7) is 4.23. The maximum Gasteiger partial charge on any atom is 0.306 e. The van der Waals surface area contributed by atoms with E-state index in [0.717, 1.165) is 25.7 Å². The molecule has 0 heterocycles. The van der Waals surface area contributed by atoms with Crippen molar-refractivity contribution in [3.8, 4) is 0 Å². The van der Waals surface area contributed by atoms with Crippen molar-refractivity contribution in [3.05, 3.63) is 12.2 Å². The molecule has 0 aliphatic rings. The molecule has 2 unspecified atom stereocenters. The van der Waals surface area contributed by atoms with Crippen LogP contribution in [-0.2, 0) is 32.7 Å². The number of esters is 2. The molecule has 10 heteroatoms. The first-order valence-corrected chi connectivity index (χ1v) is 26.9. The van der Waals surface area contributed by atoms with Gasteiger partial charge in [0, 0.05) is 12.8 Å². The van der Waals surface area contributed by atoms with Crippen LogP contribution in [0.1, 0.15) is 245 Å². The van der Waals surface area contributed by atoms with E-state index in [4.69, 9.17) is 18.5 Å². The molecule has 0 rings (SSSR count). The molecular formula is C50H98NO8P. The highest BCUT2D eigenvalue weighted by atomic mass is 31.2. The minimum absolute atomic E-state index is 0.0318. The second-order valence-corrected chi connectivity index (χ2v) is 20.0. The molecular weight excluding hydrogens is 774 g/mol. The van der Waals surface area contributed by atoms with E-state index in [1.165, 1.54) is 180 Å². The van der Waals surface area contributed by atoms with Gasteiger partial charge in [-0.2, -0.15) is 0 Å². The van der Waals surface area contributed by atoms with Gasteiger partial charge in [-0.05, 0) is 25.7 Å². The molecule has 0 saturated carbocycles. The van der Waals surface area contributed by atoms with E-state index in [0.29, 0.717) is 23.9 Å². The van der Waals surface area contributed by atoms with Crippen LogP contribution in [0.3, 0.4) is 0 Å². The Bertz CT molecular complexity index is 1030. The first-order chi connectivity index (χ1) is 29.0. The smallest absolute Gasteiger partial charge is 0.306 e. The lowest BCUT2D eigenvalue weighted by atomic mass is 10.0. The molecule has 0 aromatic heterocycles. The molecule has 0 aromatic carbocycles. The summed E-state index contributed by atoms with van der Waals surface area (Å²) in [5.41, 5.74) is 0. The first kappa shape index (κ1) is 58.8. The third-order valence-electron chi connectivity index (χ3n) is 11.3. The summed E-state index contributed by atoms with van der Waals surface area (Å²) in [4.78, 5) is 37.6. The zero-order valence-electron chi connectivity index (χ0n) is 40.2. The quantitative estimate of drug-likeness (QED) is 0.0195. The molecule has 0 radical (unpaired) electrons. The average Bonchev–Trinajstić information content (AvgIpc) is 3.20. The minimum Gasteiger partial charge on any atom is -0.756 e. The predicted octanol–water partition coefficient (Wildman–Crippen LogP) is 14.3. The Morgan fingerprint density at radius 1 is 0.500 bits per heavy atom. The Kier molecular flexibility index (Phi) is 42.1. The fourth-order valence-electron chi connectivity index (χ4n) is 7.32. The molecule has 9 nitrogen and oxygen atoms in total. The third kappa shape index (κ3) is 46.3. The molecule has 2 atom stereocenters. The van der Waals surface area contributed by atoms with Crippen LogP contribution in [0.2, 0.25) is 0 Å². The van der Waals surface area contributed by atoms with Crippen molar-refractivity contribution in [2.45, 2.75) is 251 Å². The molecule has 0 spiro atoms. The number of nitrogens with zero attached hydrogens (tertiary/aromatic N) is 1. The Morgan fingerprint density at radius 2 is 0.883 bits per heavy atom. The zero-order valence-corrected chi connectivity index (χ0v) is 41.1. The van der Waals surface area contributed by atoms with Gasteiger partial charge in [0.1, 0.15) is 19.8 Å². The summed E-state index contributed by atoms with van der Waals surface area (Å²) in [6.07, 6.45) is 46.8. The van der Waals surface area contributed by atoms with Gasteiger partial charge in [-0.25, -0.2) is 0 Å². The van der Waals surface area contributed by atoms with E-state index in [1.807, 2.05) is 27.2 Å². The number of hydrogen-bond donors (Lipinski definition) is 0. The van der Waals surface area contributed by atoms with Gasteiger partial charge in [-0.1, -0.05) is 219 Å². The number of phosphoric ester groups is 1. The molecule has 0 N–H and O–H groups in total. The number of carbonyl (C=O) groups is 2. The minimum atomic E-state index is -4.63. The Hall–Kier alpha value is -1.25. The van der Waals surface area contributed by atoms with Crippen LogP contribution in [-0.4, -0.2) is 70.0 Å². The standard InChI is InChI=1S/C50H98NO8P/c1-6-8-10-12-14-16-18-20-22-23-24-25-26-27-29-31-33-35-37-39-41-43-50(53)59-48(47-58-60(54,55)57-45-44-51(3,4)5)46-56-49(52)42-40-38-36-34-32-30-28-21-19-17-15-13-11-9-7-2/h36,38,48H,6-35,37,39-47H2,1-5H3/b38-36-. The van der Waals surface area contributed by atoms with E-state index in [2.05, 4.69) is 19.9 Å². The van der Waals surface area contributed by atoms with E-state index in [9.17, 15) is 19.0 Å². The molecule has 0 amide bonds. The largest absolute Gasteiger partial charge is 0.756 e. The summed E-state index contributed by atoms with van der Waals surface area (Å²) in [6, 6.07) is 0. The van der Waals surface area contributed by atoms with Crippen LogP contribution in [0.25, 0.3) is 0 Å². The molecule has 0 aromatic rings. The number of allylic oxidation sites excluding steroid dienone is 2. The van der Waals surface area contributed by atoms with Crippen molar-refractivity contribution in [3.63, 3.8) is 0 Å². The van der Waals surface area contributed by atoms with Crippen LogP contribution < -0.4 is 4.89 Å². The van der Waals surface area contributed by atoms with Crippen molar-refractivity contribution < 1.29 is 42.1 Å². The summed E-state index contributed by atoms with van der Waals surface area (Å²) < 4.78 is 34.0. The molecule has 0 fully saturated rings. The monoisotopic (exact) mass is 872 g/mol. The second kappa shape index (κ2) is 43.0. The van der Waals surface area contributed by atoms with Gasteiger partial charge in [-0.15, -0.1) is 0 Å². The van der Waals surface area contributed by atoms with Gasteiger partial charge < -0.3 is 27.9 Å². The molecule has 0 bridgehead atoms. The van der Waals surface area contributed by atoms with Gasteiger partial charge in [0.2, 0.25) is 0 Å². The summed E-state index contributed by atoms with van der Waals surface area (Å²) in [7, 11) is 1.16. The van der Waals surface area contributed by atoms with Gasteiger partial charge >= 0.3 is 11.9 Å². The number of likely N-dealkylation sites (N-methyl/N-ethyl adjacent to an activating group) is 1. The SMILES string of the molecule is CCCCCCCCCCCCC/C=C\CCC(=O)OCC(COP(=O)([O-])OCC[N+](C)(C)C)OC(=O)CCCCCCCCCCCCCCCCCCCCCCC. The van der Waals surface area contributed by atoms with Crippen molar-refractivity contribution in [2.75, 3.05) is 47.5 Å². The summed E-state index contributed by atoms with van der Waals surface area (Å²) in [5, 5.41) is 0. The fourth-order valence-corrected chi connectivity index (χ4v) is 8.05. The second-order valence-electron chi connectivity index (χ2n) is 18.5. The Balaban J connectivity index is 4.23. The maximum atomic E-state index is 12.7. The number of rotatable bonds is 47. The van der Waals surface area contributed by atoms with E-state index in [-0.39, 0.29) is 26.1 Å². The van der Waals surface area contributed by atoms with E-state index < -0.39 is 32.5 Å². The lowest BCUT2D eigenvalue weighted by Gasteiger charge is -2.28. The summed E-state index contributed by atoms with van der Waals surface area (Å²) >= 11 is 0. The number of unbranched alkanes of at least 4 members (excludes halogenated alkanes) is 31. The molecule has 356 valence electrons. The first-order valence-electron chi connectivity index (χ1n) is 25.4. The van der Waals surface area contributed by atoms with E-state index in [1.54, 1.807) is 0 Å². The summed E-state index contributed by atoms with van der Waals surface area (Å²) in [5.74, 6) is -0.876. The van der Waals surface area contributed by atoms with Gasteiger partial charge in [-0.3, -0.25) is 14.2 Å². The normalized spacial score (nSPS) is 13.5. The lowest BCUT2D eigenvalue weighted by Crippen LogP contribution is -2.37. The number of phosphoric acid groups is 1. The highest BCUT2D eigenvalue weighted by molar-refractivity contribution is 7.45. The van der Waals surface area contributed by atoms with Crippen molar-refractivity contribution >= 4 is 19.8 Å². The van der Waals surface area contributed by atoms with E-state index >= 15 is 0 Å². The number of ether oxygens (including phenoxy) is 2. The highest BCUT2D eigenvalue weighted by Gasteiger charge is 2.21. The topological polar surface area (TPSA) is 111 Å². The maximum absolute atomic E-state index is 12.7. The Labute approximate surface area is 371 Å². The van der Waals surface area contributed by atoms with Crippen LogP contribution in [0, 0.1) is 0 Å². The lowest BCUT2D eigenvalue weighted by molar-refractivity contribution is -0.870. The highest BCUT2D eigenvalue weighted by Crippen LogP contribution is 2.38.